The summed E-state index contributed by atoms with van der Waals surface area (Å²) in [7, 11) is -3.91. The molecule has 41 heavy (non-hydrogen) atoms. The molecule has 2 aromatic heterocycles. The Morgan fingerprint density at radius 2 is 1.93 bits per heavy atom. The van der Waals surface area contributed by atoms with Gasteiger partial charge in [-0.05, 0) is 51.8 Å². The van der Waals surface area contributed by atoms with E-state index >= 15 is 0 Å². The van der Waals surface area contributed by atoms with Gasteiger partial charge in [0, 0.05) is 0 Å². The molecule has 3 N–H and O–H groups in total. The van der Waals surface area contributed by atoms with Crippen LogP contribution in [0.4, 0.5) is 10.2 Å². The topological polar surface area (TPSA) is 170 Å². The monoisotopic (exact) mass is 594 g/mol. The van der Waals surface area contributed by atoms with Crippen LogP contribution < -0.4 is 10.8 Å². The molecule has 0 radical (unpaired) electrons. The number of carbonyl (C=O) groups is 2. The van der Waals surface area contributed by atoms with E-state index in [1.165, 1.54) is 19.3 Å². The van der Waals surface area contributed by atoms with Gasteiger partial charge in [-0.2, -0.15) is 0 Å². The average molecular weight is 595 g/mol. The minimum atomic E-state index is -3.91. The predicted molar refractivity (Wildman–Crippen MR) is 148 cm³/mol. The van der Waals surface area contributed by atoms with Gasteiger partial charge in [-0.3, -0.25) is 9.36 Å². The van der Waals surface area contributed by atoms with Gasteiger partial charge in [0.2, 0.25) is 0 Å². The number of fused-ring (bicyclic) bond motifs is 1. The summed E-state index contributed by atoms with van der Waals surface area (Å²) in [5.74, 6) is -1.77. The molecular weight excluding hydrogens is 558 g/mol. The molecule has 0 bridgehead atoms. The molecule has 0 aliphatic carbocycles. The number of ether oxygens (including phenoxy) is 3. The van der Waals surface area contributed by atoms with Gasteiger partial charge in [0.15, 0.2) is 11.5 Å². The highest BCUT2D eigenvalue weighted by Gasteiger charge is 2.31. The van der Waals surface area contributed by atoms with Crippen LogP contribution in [0.15, 0.2) is 30.9 Å². The molecule has 3 rings (SSSR count). The highest BCUT2D eigenvalue weighted by Crippen LogP contribution is 2.44. The Bertz CT molecular complexity index is 1400. The lowest BCUT2D eigenvalue weighted by Gasteiger charge is -2.25. The number of nitrogens with zero attached hydrogens (tertiary/aromatic N) is 4. The third kappa shape index (κ3) is 9.02. The second-order valence-corrected chi connectivity index (χ2v) is 11.8. The van der Waals surface area contributed by atoms with Gasteiger partial charge >= 0.3 is 11.9 Å². The minimum Gasteiger partial charge on any atom is -0.465 e. The Kier molecular flexibility index (Phi) is 11.3. The largest absolute Gasteiger partial charge is 0.465 e. The molecule has 1 aromatic carbocycles. The van der Waals surface area contributed by atoms with Crippen LogP contribution in [0.1, 0.15) is 57.0 Å². The molecule has 0 amide bonds. The summed E-state index contributed by atoms with van der Waals surface area (Å²) in [6.45, 7) is 8.54. The summed E-state index contributed by atoms with van der Waals surface area (Å²) in [4.78, 5) is 37.3. The number of aromatic nitrogens is 4. The molecule has 0 aliphatic heterocycles. The van der Waals surface area contributed by atoms with Gasteiger partial charge in [-0.15, -0.1) is 0 Å². The molecule has 0 aliphatic rings. The van der Waals surface area contributed by atoms with Crippen LogP contribution in [0.5, 0.6) is 0 Å². The van der Waals surface area contributed by atoms with Gasteiger partial charge in [0.25, 0.3) is 7.52 Å². The molecule has 224 valence electrons. The third-order valence-electron chi connectivity index (χ3n) is 5.67. The Hall–Kier alpha value is -3.45. The van der Waals surface area contributed by atoms with E-state index in [1.807, 2.05) is 6.92 Å². The summed E-state index contributed by atoms with van der Waals surface area (Å²) in [5.41, 5.74) is 6.99. The zero-order valence-electron chi connectivity index (χ0n) is 23.7. The van der Waals surface area contributed by atoms with Crippen molar-refractivity contribution >= 4 is 36.4 Å². The summed E-state index contributed by atoms with van der Waals surface area (Å²) < 4.78 is 51.6. The number of hydrogen-bond acceptors (Lipinski definition) is 11. The Balaban J connectivity index is 1.77. The second-order valence-electron chi connectivity index (χ2n) is 9.66. The number of anilines is 1. The number of halogens is 1. The Morgan fingerprint density at radius 1 is 1.17 bits per heavy atom. The van der Waals surface area contributed by atoms with Crippen molar-refractivity contribution in [2.45, 2.75) is 72.4 Å². The molecular formula is C26H36FN6O7P. The predicted octanol–water partition coefficient (Wildman–Crippen LogP) is 3.82. The smallest absolute Gasteiger partial charge is 0.338 e. The molecule has 13 nitrogen and oxygen atoms in total. The summed E-state index contributed by atoms with van der Waals surface area (Å²) in [6.07, 6.45) is 2.11. The van der Waals surface area contributed by atoms with Crippen LogP contribution >= 0.6 is 7.52 Å². The van der Waals surface area contributed by atoms with E-state index in [2.05, 4.69) is 20.0 Å². The quantitative estimate of drug-likeness (QED) is 0.193. The van der Waals surface area contributed by atoms with Crippen LogP contribution in [0.2, 0.25) is 0 Å². The molecule has 0 fully saturated rings. The molecule has 0 spiro atoms. The lowest BCUT2D eigenvalue weighted by Crippen LogP contribution is -2.35. The van der Waals surface area contributed by atoms with Crippen LogP contribution in [0.3, 0.4) is 0 Å². The first kappa shape index (κ1) is 32.1. The maximum atomic E-state index is 14.0. The van der Waals surface area contributed by atoms with Crippen molar-refractivity contribution in [1.29, 1.82) is 0 Å². The van der Waals surface area contributed by atoms with E-state index in [0.717, 1.165) is 12.1 Å². The zero-order chi connectivity index (χ0) is 30.2. The highest BCUT2D eigenvalue weighted by atomic mass is 31.2. The molecule has 3 atom stereocenters. The number of imidazole rings is 1. The first-order valence-electron chi connectivity index (χ1n) is 13.1. The van der Waals surface area contributed by atoms with E-state index in [1.54, 1.807) is 31.7 Å². The van der Waals surface area contributed by atoms with Crippen molar-refractivity contribution < 1.29 is 37.3 Å². The van der Waals surface area contributed by atoms with Crippen LogP contribution in [0, 0.1) is 5.82 Å². The van der Waals surface area contributed by atoms with Gasteiger partial charge in [-0.1, -0.05) is 13.0 Å². The van der Waals surface area contributed by atoms with Crippen LogP contribution in [-0.4, -0.2) is 62.7 Å². The van der Waals surface area contributed by atoms with E-state index in [-0.39, 0.29) is 36.7 Å². The molecule has 1 unspecified atom stereocenters. The summed E-state index contributed by atoms with van der Waals surface area (Å²) in [5, 5.41) is 2.70. The minimum absolute atomic E-state index is 0.0665. The molecule has 15 heteroatoms. The summed E-state index contributed by atoms with van der Waals surface area (Å²) >= 11 is 0. The Morgan fingerprint density at radius 3 is 2.63 bits per heavy atom. The van der Waals surface area contributed by atoms with Gasteiger partial charge in [0.05, 0.1) is 43.9 Å². The van der Waals surface area contributed by atoms with Gasteiger partial charge in [0.1, 0.15) is 30.1 Å². The fourth-order valence-corrected chi connectivity index (χ4v) is 5.41. The van der Waals surface area contributed by atoms with Crippen LogP contribution in [-0.2, 0) is 41.2 Å². The van der Waals surface area contributed by atoms with Crippen molar-refractivity contribution in [3.63, 3.8) is 0 Å². The van der Waals surface area contributed by atoms with E-state index in [4.69, 9.17) is 24.5 Å². The van der Waals surface area contributed by atoms with E-state index in [0.29, 0.717) is 17.6 Å². The van der Waals surface area contributed by atoms with Crippen molar-refractivity contribution in [3.05, 3.63) is 47.8 Å². The maximum absolute atomic E-state index is 14.0. The third-order valence-corrected chi connectivity index (χ3v) is 7.48. The lowest BCUT2D eigenvalue weighted by atomic mass is 10.1. The first-order valence-corrected chi connectivity index (χ1v) is 14.9. The van der Waals surface area contributed by atoms with Crippen molar-refractivity contribution in [2.75, 3.05) is 18.7 Å². The number of rotatable bonds is 15. The number of nitrogens with two attached hydrogens (primary N) is 1. The number of nitrogens with one attached hydrogen (secondary N) is 1. The number of carbonyl (C=O) groups excluding carboxylic acids is 2. The second kappa shape index (κ2) is 14.4. The molecule has 0 saturated carbocycles. The number of hydrogen-bond donors (Lipinski definition) is 2. The molecule has 0 saturated heterocycles. The number of esters is 2. The molecule has 3 aromatic rings. The first-order chi connectivity index (χ1) is 19.4. The van der Waals surface area contributed by atoms with Crippen molar-refractivity contribution in [2.24, 2.45) is 0 Å². The standard InChI is InChI=1S/C26H36FN6O7P/c1-6-9-37-25(34)18(5)32-41(36,39-12-19-7-8-20(27)10-21(19)26(35)40-16(2)3)15-38-17(4)11-33-14-31-22-23(28)29-13-30-24(22)33/h7-8,10,13-14,16-18H,6,9,11-12,15H2,1-5H3,(H,32,36)(H2,28,29,30)/t17-,18+,41?/m1/s1. The van der Waals surface area contributed by atoms with E-state index < -0.39 is 49.9 Å². The lowest BCUT2D eigenvalue weighted by molar-refractivity contribution is -0.145. The van der Waals surface area contributed by atoms with Gasteiger partial charge in [-0.25, -0.2) is 29.2 Å². The highest BCUT2D eigenvalue weighted by molar-refractivity contribution is 7.56. The number of nitrogen functional groups attached to an aromatic ring is 1. The fraction of sp³-hybridized carbons (Fsp3) is 0.500. The Labute approximate surface area is 237 Å². The van der Waals surface area contributed by atoms with Gasteiger partial charge < -0.3 is 29.0 Å². The number of benzene rings is 1. The summed E-state index contributed by atoms with van der Waals surface area (Å²) in [6, 6.07) is 2.52. The van der Waals surface area contributed by atoms with Crippen molar-refractivity contribution in [3.8, 4) is 0 Å². The zero-order valence-corrected chi connectivity index (χ0v) is 24.6. The van der Waals surface area contributed by atoms with E-state index in [9.17, 15) is 18.5 Å². The SMILES string of the molecule is CCCOC(=O)[C@H](C)NP(=O)(CO[C@H](C)Cn1cnc2c(N)ncnc21)OCc1ccc(F)cc1C(=O)OC(C)C. The van der Waals surface area contributed by atoms with Crippen molar-refractivity contribution in [1.82, 2.24) is 24.6 Å². The van der Waals surface area contributed by atoms with Crippen LogP contribution in [0.25, 0.3) is 11.2 Å². The molecule has 2 heterocycles. The average Bonchev–Trinajstić information content (AvgIpc) is 3.33. The fourth-order valence-electron chi connectivity index (χ4n) is 3.69. The normalized spacial score (nSPS) is 14.5. The maximum Gasteiger partial charge on any atom is 0.338 e.